The van der Waals surface area contributed by atoms with Crippen molar-refractivity contribution in [3.63, 3.8) is 0 Å². The number of phenols is 1. The number of unbranched alkanes of at least 4 members (excludes halogenated alkanes) is 1. The van der Waals surface area contributed by atoms with Gasteiger partial charge in [-0.05, 0) is 117 Å². The standard InChI is InChI=1S/C53H67Cl2N11O11S2/c1-29(67)45(53(77)60-27-44(69)61-40(47(58)71)24-32-10-18-36(55)19-11-32)66-49(73)39(5-3-4-22-59-2)62-50(74)41(25-31-6-14-34(15-7-31)46(57)70)63-51(75)42(26-33-12-20-37(68)21-13-33)64-52(76)43(28-79-78)65-48(72)38(56)23-30-8-16-35(54)17-9-30/h6-21,29,38-43,45,59,67-68,78H,3-5,22-28,56H2,1-2H3,(H2,57,70)(H2,58,71)(H,60,77)(H,61,69)(H,62,74)(H,63,75)(H,64,76)(H,65,72)(H,66,73)/t29-,38+,39+,40?,41-,42+,43-,45+/m1/s1. The van der Waals surface area contributed by atoms with E-state index < -0.39 is 108 Å². The van der Waals surface area contributed by atoms with Crippen LogP contribution in [0, 0.1) is 0 Å². The van der Waals surface area contributed by atoms with Crippen molar-refractivity contribution in [1.29, 1.82) is 0 Å². The molecule has 0 aliphatic rings. The van der Waals surface area contributed by atoms with Gasteiger partial charge in [-0.1, -0.05) is 82.5 Å². The summed E-state index contributed by atoms with van der Waals surface area (Å²) in [5, 5.41) is 42.7. The number of hydrogen-bond acceptors (Lipinski definition) is 15. The number of rotatable bonds is 32. The van der Waals surface area contributed by atoms with E-state index in [-0.39, 0.29) is 49.2 Å². The van der Waals surface area contributed by atoms with E-state index in [0.717, 1.165) is 10.8 Å². The number of phenolic OH excluding ortho intramolecular Hbond substituents is 1. The monoisotopic (exact) mass is 1170 g/mol. The maximum absolute atomic E-state index is 14.6. The number of aliphatic hydroxyl groups is 1. The molecule has 0 fully saturated rings. The molecular formula is C53H67Cl2N11O11S2. The molecule has 0 radical (unpaired) electrons. The fraction of sp³-hybridized carbons (Fsp3) is 0.377. The Morgan fingerprint density at radius 3 is 1.49 bits per heavy atom. The van der Waals surface area contributed by atoms with E-state index in [1.54, 1.807) is 55.6 Å². The van der Waals surface area contributed by atoms with E-state index in [1.165, 1.54) is 55.5 Å². The van der Waals surface area contributed by atoms with Crippen LogP contribution in [0.1, 0.15) is 58.8 Å². The molecule has 79 heavy (non-hydrogen) atoms. The third-order valence-corrected chi connectivity index (χ3v) is 13.7. The highest BCUT2D eigenvalue weighted by atomic mass is 35.5. The summed E-state index contributed by atoms with van der Waals surface area (Å²) in [5.41, 5.74) is 19.6. The first-order valence-corrected chi connectivity index (χ1v) is 27.7. The number of carbonyl (C=O) groups excluding carboxylic acids is 9. The van der Waals surface area contributed by atoms with E-state index in [1.807, 2.05) is 0 Å². The topological polar surface area (TPSA) is 368 Å². The van der Waals surface area contributed by atoms with Crippen LogP contribution in [-0.4, -0.2) is 138 Å². The van der Waals surface area contributed by atoms with Crippen LogP contribution in [-0.2, 0) is 64.0 Å². The van der Waals surface area contributed by atoms with Crippen LogP contribution < -0.4 is 59.7 Å². The molecule has 0 aliphatic heterocycles. The number of benzene rings is 4. The molecule has 0 spiro atoms. The minimum atomic E-state index is -1.67. The molecule has 0 aliphatic carbocycles. The van der Waals surface area contributed by atoms with Crippen molar-refractivity contribution in [1.82, 2.24) is 42.5 Å². The SMILES string of the molecule is CNCCCC[C@H](NC(=O)[C@@H](Cc1ccc(C(N)=O)cc1)NC(=O)[C@H](Cc1ccc(O)cc1)NC(=O)[C@@H](CSS)NC(=O)[C@@H](N)Cc1ccc(Cl)cc1)C(=O)N[C@H](C(=O)NCC(=O)NC(Cc1ccc(Cl)cc1)C(N)=O)[C@@H](C)O. The number of halogens is 2. The van der Waals surface area contributed by atoms with Gasteiger partial charge < -0.3 is 69.9 Å². The quantitative estimate of drug-likeness (QED) is 0.0177. The lowest BCUT2D eigenvalue weighted by Crippen LogP contribution is -2.61. The first kappa shape index (κ1) is 64.6. The zero-order valence-corrected chi connectivity index (χ0v) is 46.6. The van der Waals surface area contributed by atoms with Gasteiger partial charge in [0.25, 0.3) is 0 Å². The van der Waals surface area contributed by atoms with E-state index in [0.29, 0.717) is 51.7 Å². The predicted octanol–water partition coefficient (Wildman–Crippen LogP) is 0.255. The Labute approximate surface area is 476 Å². The lowest BCUT2D eigenvalue weighted by atomic mass is 10.00. The molecule has 9 amide bonds. The minimum absolute atomic E-state index is 0.00887. The van der Waals surface area contributed by atoms with Crippen LogP contribution in [0.15, 0.2) is 97.1 Å². The highest BCUT2D eigenvalue weighted by molar-refractivity contribution is 8.68. The number of hydrogen-bond donors (Lipinski definition) is 14. The van der Waals surface area contributed by atoms with E-state index in [4.69, 9.17) is 40.4 Å². The average Bonchev–Trinajstić information content (AvgIpc) is 3.41. The maximum atomic E-state index is 14.6. The molecule has 0 aromatic heterocycles. The maximum Gasteiger partial charge on any atom is 0.248 e. The van der Waals surface area contributed by atoms with Crippen LogP contribution in [0.4, 0.5) is 0 Å². The van der Waals surface area contributed by atoms with Crippen LogP contribution in [0.3, 0.4) is 0 Å². The minimum Gasteiger partial charge on any atom is -0.508 e. The Morgan fingerprint density at radius 1 is 0.570 bits per heavy atom. The molecule has 4 rings (SSSR count). The highest BCUT2D eigenvalue weighted by Crippen LogP contribution is 2.16. The Kier molecular flexibility index (Phi) is 26.9. The molecule has 8 atom stereocenters. The second kappa shape index (κ2) is 32.8. The molecule has 22 nitrogen and oxygen atoms in total. The van der Waals surface area contributed by atoms with Crippen molar-refractivity contribution in [3.8, 4) is 5.75 Å². The van der Waals surface area contributed by atoms with Crippen LogP contribution >= 0.6 is 45.7 Å². The summed E-state index contributed by atoms with van der Waals surface area (Å²) in [6.45, 7) is 1.06. The van der Waals surface area contributed by atoms with Crippen molar-refractivity contribution in [2.45, 2.75) is 100 Å². The second-order valence-corrected chi connectivity index (χ2v) is 20.7. The molecule has 1 unspecified atom stereocenters. The Hall–Kier alpha value is -6.93. The van der Waals surface area contributed by atoms with Crippen molar-refractivity contribution < 1.29 is 53.4 Å². The van der Waals surface area contributed by atoms with Gasteiger partial charge in [-0.25, -0.2) is 0 Å². The zero-order chi connectivity index (χ0) is 58.2. The van der Waals surface area contributed by atoms with Gasteiger partial charge in [0.1, 0.15) is 42.0 Å². The molecule has 0 bridgehead atoms. The highest BCUT2D eigenvalue weighted by Gasteiger charge is 2.35. The molecule has 0 heterocycles. The Morgan fingerprint density at radius 2 is 1.01 bits per heavy atom. The summed E-state index contributed by atoms with van der Waals surface area (Å²) < 4.78 is 0. The van der Waals surface area contributed by atoms with Gasteiger partial charge in [0.15, 0.2) is 0 Å². The normalized spacial score (nSPS) is 14.1. The third kappa shape index (κ3) is 22.4. The van der Waals surface area contributed by atoms with Gasteiger partial charge in [0.2, 0.25) is 53.2 Å². The summed E-state index contributed by atoms with van der Waals surface area (Å²) in [7, 11) is 2.66. The first-order valence-electron chi connectivity index (χ1n) is 25.0. The molecule has 4 aromatic rings. The number of carbonyl (C=O) groups is 9. The summed E-state index contributed by atoms with van der Waals surface area (Å²) in [5.74, 6) is -7.72. The number of amides is 9. The molecule has 26 heteroatoms. The van der Waals surface area contributed by atoms with Crippen molar-refractivity contribution in [2.24, 2.45) is 17.2 Å². The molecule has 0 saturated carbocycles. The van der Waals surface area contributed by atoms with Gasteiger partial charge in [-0.3, -0.25) is 43.2 Å². The van der Waals surface area contributed by atoms with Gasteiger partial charge >= 0.3 is 0 Å². The summed E-state index contributed by atoms with van der Waals surface area (Å²) in [6.07, 6.45) is -0.991. The number of aliphatic hydroxyl groups excluding tert-OH is 1. The van der Waals surface area contributed by atoms with Crippen molar-refractivity contribution in [3.05, 3.63) is 135 Å². The fourth-order valence-electron chi connectivity index (χ4n) is 7.83. The van der Waals surface area contributed by atoms with Crippen LogP contribution in [0.5, 0.6) is 5.75 Å². The largest absolute Gasteiger partial charge is 0.508 e. The summed E-state index contributed by atoms with van der Waals surface area (Å²) in [6, 6.07) is 15.3. The molecule has 16 N–H and O–H groups in total. The van der Waals surface area contributed by atoms with E-state index >= 15 is 0 Å². The number of aromatic hydroxyl groups is 1. The lowest BCUT2D eigenvalue weighted by molar-refractivity contribution is -0.136. The molecule has 4 aromatic carbocycles. The molecular weight excluding hydrogens is 1100 g/mol. The summed E-state index contributed by atoms with van der Waals surface area (Å²) >= 11 is 16.2. The van der Waals surface area contributed by atoms with Gasteiger partial charge in [-0.2, -0.15) is 0 Å². The fourth-order valence-corrected chi connectivity index (χ4v) is 8.91. The third-order valence-electron chi connectivity index (χ3n) is 12.2. The van der Waals surface area contributed by atoms with Gasteiger partial charge in [-0.15, -0.1) is 11.7 Å². The van der Waals surface area contributed by atoms with Crippen LogP contribution in [0.2, 0.25) is 10.0 Å². The Balaban J connectivity index is 1.59. The molecule has 426 valence electrons. The van der Waals surface area contributed by atoms with Crippen molar-refractivity contribution in [2.75, 3.05) is 25.9 Å². The summed E-state index contributed by atoms with van der Waals surface area (Å²) in [4.78, 5) is 122. The second-order valence-electron chi connectivity index (χ2n) is 18.5. The van der Waals surface area contributed by atoms with Gasteiger partial charge in [0.05, 0.1) is 18.7 Å². The van der Waals surface area contributed by atoms with E-state index in [9.17, 15) is 53.4 Å². The Bertz CT molecular complexity index is 2710. The number of nitrogens with one attached hydrogen (secondary N) is 8. The van der Waals surface area contributed by atoms with Crippen molar-refractivity contribution >= 4 is 98.8 Å². The lowest BCUT2D eigenvalue weighted by Gasteiger charge is -2.28. The average molecular weight is 1170 g/mol. The van der Waals surface area contributed by atoms with Gasteiger partial charge in [0, 0.05) is 40.6 Å². The number of nitrogens with two attached hydrogens (primary N) is 3. The zero-order valence-electron chi connectivity index (χ0n) is 43.3. The first-order chi connectivity index (χ1) is 37.6. The molecule has 0 saturated heterocycles. The van der Waals surface area contributed by atoms with Crippen LogP contribution in [0.25, 0.3) is 0 Å². The van der Waals surface area contributed by atoms with E-state index in [2.05, 4.69) is 54.2 Å². The number of primary amides is 2. The number of thiol groups is 1. The predicted molar refractivity (Wildman–Crippen MR) is 303 cm³/mol. The smallest absolute Gasteiger partial charge is 0.248 e.